The van der Waals surface area contributed by atoms with E-state index < -0.39 is 0 Å². The van der Waals surface area contributed by atoms with E-state index in [0.717, 1.165) is 37.6 Å². The van der Waals surface area contributed by atoms with Gasteiger partial charge in [-0.3, -0.25) is 0 Å². The highest BCUT2D eigenvalue weighted by Gasteiger charge is 2.35. The Bertz CT molecular complexity index is 2060. The number of benzene rings is 2. The van der Waals surface area contributed by atoms with Crippen LogP contribution < -0.4 is 9.47 Å². The minimum Gasteiger partial charge on any atom is -0.494 e. The van der Waals surface area contributed by atoms with E-state index in [0.29, 0.717) is 0 Å². The first-order chi connectivity index (χ1) is 30.7. The summed E-state index contributed by atoms with van der Waals surface area (Å²) in [6.45, 7) is 6.13. The normalized spacial score (nSPS) is 12.7. The monoisotopic (exact) mass is 900 g/mol. The Labute approximate surface area is 389 Å². The molecule has 62 heavy (non-hydrogen) atoms. The van der Waals surface area contributed by atoms with Crippen molar-refractivity contribution >= 4 is 67.6 Å². The van der Waals surface area contributed by atoms with Crippen LogP contribution in [0.3, 0.4) is 0 Å². The van der Waals surface area contributed by atoms with E-state index in [9.17, 15) is 0 Å². The zero-order valence-corrected chi connectivity index (χ0v) is 40.7. The van der Waals surface area contributed by atoms with Crippen molar-refractivity contribution in [1.82, 2.24) is 0 Å². The first-order valence-corrected chi connectivity index (χ1v) is 27.4. The molecule has 0 fully saturated rings. The molecule has 0 bridgehead atoms. The van der Waals surface area contributed by atoms with E-state index >= 15 is 0 Å². The highest BCUT2D eigenvalue weighted by molar-refractivity contribution is 7.23. The summed E-state index contributed by atoms with van der Waals surface area (Å²) in [7, 11) is 0. The number of thiophene rings is 4. The van der Waals surface area contributed by atoms with Crippen LogP contribution >= 0.6 is 45.3 Å². The van der Waals surface area contributed by atoms with Gasteiger partial charge in [-0.25, -0.2) is 0 Å². The van der Waals surface area contributed by atoms with E-state index in [2.05, 4.69) is 122 Å². The number of ether oxygens (including phenoxy) is 2. The number of hydrogen-bond donors (Lipinski definition) is 0. The van der Waals surface area contributed by atoms with Gasteiger partial charge >= 0.3 is 0 Å². The van der Waals surface area contributed by atoms with Crippen molar-refractivity contribution in [2.24, 2.45) is 0 Å². The van der Waals surface area contributed by atoms with Crippen LogP contribution in [0.4, 0.5) is 0 Å². The van der Waals surface area contributed by atoms with Gasteiger partial charge in [0.25, 0.3) is 0 Å². The molecule has 0 aliphatic heterocycles. The molecule has 0 N–H and O–H groups in total. The average molecular weight is 901 g/mol. The lowest BCUT2D eigenvalue weighted by Crippen LogP contribution is -2.09. The Morgan fingerprint density at radius 3 is 1.00 bits per heavy atom. The number of rotatable bonds is 30. The van der Waals surface area contributed by atoms with Crippen LogP contribution in [-0.2, 0) is 0 Å². The minimum absolute atomic E-state index is 0.776. The maximum Gasteiger partial charge on any atom is 0.119 e. The summed E-state index contributed by atoms with van der Waals surface area (Å²) in [6.07, 6.45) is 26.6. The van der Waals surface area contributed by atoms with Gasteiger partial charge < -0.3 is 9.47 Å². The molecule has 0 saturated carbocycles. The zero-order chi connectivity index (χ0) is 42.6. The van der Waals surface area contributed by atoms with Crippen LogP contribution in [0.5, 0.6) is 11.5 Å². The van der Waals surface area contributed by atoms with Crippen LogP contribution in [0.2, 0.25) is 0 Å². The summed E-state index contributed by atoms with van der Waals surface area (Å²) < 4.78 is 12.6. The third kappa shape index (κ3) is 13.2. The lowest BCUT2D eigenvalue weighted by molar-refractivity contribution is 0.304. The van der Waals surface area contributed by atoms with Crippen molar-refractivity contribution in [2.45, 2.75) is 142 Å². The summed E-state index contributed by atoms with van der Waals surface area (Å²) in [5.74, 6) is 1.91. The van der Waals surface area contributed by atoms with E-state index in [1.165, 1.54) is 178 Å². The fourth-order valence-corrected chi connectivity index (χ4v) is 12.3. The first-order valence-electron chi connectivity index (χ1n) is 24.0. The van der Waals surface area contributed by atoms with Gasteiger partial charge in [0.2, 0.25) is 0 Å². The molecule has 328 valence electrons. The molecule has 2 nitrogen and oxygen atoms in total. The Morgan fingerprint density at radius 1 is 0.323 bits per heavy atom. The van der Waals surface area contributed by atoms with E-state index in [4.69, 9.17) is 9.47 Å². The Balaban J connectivity index is 1.07. The van der Waals surface area contributed by atoms with Gasteiger partial charge in [-0.05, 0) is 107 Å². The van der Waals surface area contributed by atoms with Gasteiger partial charge in [0.1, 0.15) is 11.5 Å². The molecule has 0 unspecified atom stereocenters. The van der Waals surface area contributed by atoms with Gasteiger partial charge in [-0.1, -0.05) is 166 Å². The molecular weight excluding hydrogens is 833 g/mol. The van der Waals surface area contributed by atoms with Gasteiger partial charge in [0.15, 0.2) is 0 Å². The van der Waals surface area contributed by atoms with Gasteiger partial charge in [-0.2, -0.15) is 0 Å². The molecule has 7 rings (SSSR count). The van der Waals surface area contributed by atoms with Crippen molar-refractivity contribution in [1.29, 1.82) is 0 Å². The molecule has 0 atom stereocenters. The van der Waals surface area contributed by atoms with Crippen LogP contribution in [-0.4, -0.2) is 13.2 Å². The molecule has 2 aromatic carbocycles. The zero-order valence-electron chi connectivity index (χ0n) is 37.4. The predicted molar refractivity (Wildman–Crippen MR) is 276 cm³/mol. The van der Waals surface area contributed by atoms with Crippen LogP contribution in [0.25, 0.3) is 41.8 Å². The Kier molecular flexibility index (Phi) is 19.1. The van der Waals surface area contributed by atoms with Crippen LogP contribution in [0, 0.1) is 0 Å². The average Bonchev–Trinajstić information content (AvgIpc) is 4.15. The maximum atomic E-state index is 6.32. The number of unbranched alkanes of at least 4 members (excludes halogenated alkanes) is 18. The van der Waals surface area contributed by atoms with E-state index in [-0.39, 0.29) is 0 Å². The molecule has 4 aromatic heterocycles. The lowest BCUT2D eigenvalue weighted by Gasteiger charge is -2.32. The van der Waals surface area contributed by atoms with Crippen LogP contribution in [0.1, 0.15) is 163 Å². The standard InChI is InChI=1S/C56H68O2S4/c1-3-5-7-9-11-13-15-17-19-21-39-57-45-31-27-43(28-32-45)53-54(44-29-33-46(34-30-44)58-40-22-20-18-16-14-12-10-8-6-4-2)56(52-38-36-50(62-52)48-26-24-42-60-48)55(53)51-37-35-49(61-51)47-25-23-41-59-47/h23-38,41-42H,3-22,39-40H2,1-2H3. The smallest absolute Gasteiger partial charge is 0.119 e. The fraction of sp³-hybridized carbons (Fsp3) is 0.429. The van der Waals surface area contributed by atoms with Crippen molar-refractivity contribution in [3.63, 3.8) is 0 Å². The maximum absolute atomic E-state index is 6.32. The SMILES string of the molecule is CCCCCCCCCCCCOc1ccc(C2=C(c3ccc(OCCCCCCCCCCCC)cc3)C(c3ccc(-c4cccs4)s3)=C2c2ccc(-c3cccs3)s2)cc1. The van der Waals surface area contributed by atoms with E-state index in [1.807, 2.05) is 45.3 Å². The molecule has 0 amide bonds. The van der Waals surface area contributed by atoms with Gasteiger partial charge in [0.05, 0.1) is 13.2 Å². The fourth-order valence-electron chi connectivity index (χ4n) is 8.55. The van der Waals surface area contributed by atoms with E-state index in [1.54, 1.807) is 0 Å². The molecule has 6 heteroatoms. The van der Waals surface area contributed by atoms with Crippen LogP contribution in [0.15, 0.2) is 108 Å². The summed E-state index contributed by atoms with van der Waals surface area (Å²) in [5.41, 5.74) is 7.76. The second-order valence-corrected chi connectivity index (χ2v) is 21.0. The predicted octanol–water partition coefficient (Wildman–Crippen LogP) is 19.4. The third-order valence-electron chi connectivity index (χ3n) is 12.1. The van der Waals surface area contributed by atoms with Crippen molar-refractivity contribution in [2.75, 3.05) is 13.2 Å². The Morgan fingerprint density at radius 2 is 0.661 bits per heavy atom. The lowest BCUT2D eigenvalue weighted by atomic mass is 9.73. The number of hydrogen-bond acceptors (Lipinski definition) is 6. The quantitative estimate of drug-likeness (QED) is 0.0419. The van der Waals surface area contributed by atoms with Crippen molar-refractivity contribution < 1.29 is 9.47 Å². The largest absolute Gasteiger partial charge is 0.494 e. The molecule has 1 aliphatic carbocycles. The van der Waals surface area contributed by atoms with Gasteiger partial charge in [-0.15, -0.1) is 45.3 Å². The molecular formula is C56H68O2S4. The molecule has 0 spiro atoms. The molecule has 0 radical (unpaired) electrons. The number of allylic oxidation sites excluding steroid dienone is 4. The molecule has 6 aromatic rings. The Hall–Kier alpha value is -3.68. The topological polar surface area (TPSA) is 18.5 Å². The molecule has 0 saturated heterocycles. The second kappa shape index (κ2) is 25.6. The third-order valence-corrected chi connectivity index (χ3v) is 16.4. The minimum atomic E-state index is 0.776. The summed E-state index contributed by atoms with van der Waals surface area (Å²) >= 11 is 7.43. The second-order valence-electron chi connectivity index (χ2n) is 16.9. The highest BCUT2D eigenvalue weighted by atomic mass is 32.1. The van der Waals surface area contributed by atoms with Gasteiger partial charge in [0, 0.05) is 40.4 Å². The summed E-state index contributed by atoms with van der Waals surface area (Å²) in [6, 6.07) is 35.9. The highest BCUT2D eigenvalue weighted by Crippen LogP contribution is 2.59. The molecule has 1 aliphatic rings. The first kappa shape index (κ1) is 46.3. The summed E-state index contributed by atoms with van der Waals surface area (Å²) in [5, 5.41) is 4.35. The van der Waals surface area contributed by atoms with Crippen molar-refractivity contribution in [3.8, 4) is 31.0 Å². The summed E-state index contributed by atoms with van der Waals surface area (Å²) in [4.78, 5) is 7.90. The molecule has 4 heterocycles. The van der Waals surface area contributed by atoms with Crippen molar-refractivity contribution in [3.05, 3.63) is 129 Å².